The summed E-state index contributed by atoms with van der Waals surface area (Å²) in [4.78, 5) is 37.4. The first-order valence-corrected chi connectivity index (χ1v) is 12.3. The van der Waals surface area contributed by atoms with Gasteiger partial charge < -0.3 is 14.8 Å². The maximum Gasteiger partial charge on any atom is 0.414 e. The normalized spacial score (nSPS) is 11.0. The van der Waals surface area contributed by atoms with Gasteiger partial charge >= 0.3 is 6.09 Å². The number of hydrogen-bond donors (Lipinski definition) is 2. The highest BCUT2D eigenvalue weighted by molar-refractivity contribution is 7.91. The molecular weight excluding hydrogens is 456 g/mol. The zero-order valence-electron chi connectivity index (χ0n) is 18.3. The van der Waals surface area contributed by atoms with Crippen LogP contribution in [0.4, 0.5) is 9.80 Å². The van der Waals surface area contributed by atoms with Crippen molar-refractivity contribution in [2.75, 3.05) is 24.8 Å². The molecule has 11 heteroatoms. The Bertz CT molecular complexity index is 1090. The van der Waals surface area contributed by atoms with E-state index in [1.165, 1.54) is 30.6 Å². The molecule has 174 valence electrons. The molecule has 0 bridgehead atoms. The third-order valence-electron chi connectivity index (χ3n) is 4.59. The Morgan fingerprint density at radius 3 is 2.34 bits per heavy atom. The molecule has 1 aromatic carbocycles. The summed E-state index contributed by atoms with van der Waals surface area (Å²) >= 11 is 1.20. The number of alkyl carbamates (subject to hydrolysis) is 1. The number of aryl methyl sites for hydroxylation is 1. The largest absolute Gasteiger partial charge is 0.497 e. The summed E-state index contributed by atoms with van der Waals surface area (Å²) in [6.45, 7) is 5.23. The van der Waals surface area contributed by atoms with Gasteiger partial charge in [-0.2, -0.15) is 0 Å². The highest BCUT2D eigenvalue weighted by Crippen LogP contribution is 2.32. The van der Waals surface area contributed by atoms with Crippen LogP contribution in [0.3, 0.4) is 0 Å². The van der Waals surface area contributed by atoms with Gasteiger partial charge in [0.2, 0.25) is 5.91 Å². The predicted molar refractivity (Wildman–Crippen MR) is 121 cm³/mol. The first-order valence-electron chi connectivity index (χ1n) is 9.83. The molecule has 32 heavy (non-hydrogen) atoms. The Hall–Kier alpha value is -2.92. The minimum absolute atomic E-state index is 0.0513. The number of ether oxygens (including phenoxy) is 2. The SMILES string of the molecule is CCOC(=O)NC(=O)c1c(NC(=O)CCCS(=O)(=O)c2ccc(OC)cc2)sc(C)c1C. The van der Waals surface area contributed by atoms with Crippen LogP contribution in [-0.4, -0.2) is 45.8 Å². The monoisotopic (exact) mass is 482 g/mol. The smallest absolute Gasteiger partial charge is 0.414 e. The zero-order chi connectivity index (χ0) is 23.9. The number of nitrogens with one attached hydrogen (secondary N) is 2. The maximum atomic E-state index is 12.5. The number of hydrogen-bond acceptors (Lipinski definition) is 8. The van der Waals surface area contributed by atoms with E-state index in [4.69, 9.17) is 9.47 Å². The molecule has 2 rings (SSSR count). The molecule has 2 aromatic rings. The summed E-state index contributed by atoms with van der Waals surface area (Å²) in [7, 11) is -2.05. The lowest BCUT2D eigenvalue weighted by Crippen LogP contribution is -2.32. The van der Waals surface area contributed by atoms with Crippen molar-refractivity contribution in [3.05, 3.63) is 40.3 Å². The lowest BCUT2D eigenvalue weighted by atomic mass is 10.1. The van der Waals surface area contributed by atoms with E-state index >= 15 is 0 Å². The fourth-order valence-electron chi connectivity index (χ4n) is 2.82. The molecule has 0 radical (unpaired) electrons. The zero-order valence-corrected chi connectivity index (χ0v) is 19.9. The maximum absolute atomic E-state index is 12.5. The van der Waals surface area contributed by atoms with Gasteiger partial charge in [-0.3, -0.25) is 14.9 Å². The second kappa shape index (κ2) is 11.1. The van der Waals surface area contributed by atoms with Gasteiger partial charge in [-0.15, -0.1) is 11.3 Å². The lowest BCUT2D eigenvalue weighted by molar-refractivity contribution is -0.116. The van der Waals surface area contributed by atoms with E-state index in [1.54, 1.807) is 32.9 Å². The van der Waals surface area contributed by atoms with Gasteiger partial charge in [0.1, 0.15) is 10.8 Å². The van der Waals surface area contributed by atoms with Crippen LogP contribution >= 0.6 is 11.3 Å². The number of benzene rings is 1. The Kier molecular flexibility index (Phi) is 8.79. The van der Waals surface area contributed by atoms with Gasteiger partial charge in [0.25, 0.3) is 5.91 Å². The predicted octanol–water partition coefficient (Wildman–Crippen LogP) is 3.45. The number of amides is 3. The molecule has 2 N–H and O–H groups in total. The summed E-state index contributed by atoms with van der Waals surface area (Å²) in [5.41, 5.74) is 0.814. The van der Waals surface area contributed by atoms with Crippen LogP contribution in [0.15, 0.2) is 29.2 Å². The van der Waals surface area contributed by atoms with Crippen LogP contribution in [0.2, 0.25) is 0 Å². The van der Waals surface area contributed by atoms with Crippen LogP contribution in [-0.2, 0) is 19.4 Å². The molecule has 1 aromatic heterocycles. The molecular formula is C21H26N2O7S2. The minimum Gasteiger partial charge on any atom is -0.497 e. The van der Waals surface area contributed by atoms with Gasteiger partial charge in [0, 0.05) is 11.3 Å². The molecule has 0 aliphatic heterocycles. The van der Waals surface area contributed by atoms with Crippen molar-refractivity contribution in [2.24, 2.45) is 0 Å². The quantitative estimate of drug-likeness (QED) is 0.560. The van der Waals surface area contributed by atoms with Crippen LogP contribution in [0.1, 0.15) is 40.6 Å². The van der Waals surface area contributed by atoms with E-state index in [9.17, 15) is 22.8 Å². The highest BCUT2D eigenvalue weighted by atomic mass is 32.2. The standard InChI is InChI=1S/C21H26N2O7S2/c1-5-30-21(26)23-19(25)18-13(2)14(3)31-20(18)22-17(24)7-6-12-32(27,28)16-10-8-15(29-4)9-11-16/h8-11H,5-7,12H2,1-4H3,(H,22,24)(H,23,25,26). The third kappa shape index (κ3) is 6.54. The highest BCUT2D eigenvalue weighted by Gasteiger charge is 2.23. The van der Waals surface area contributed by atoms with Crippen LogP contribution < -0.4 is 15.4 Å². The Balaban J connectivity index is 2.00. The van der Waals surface area contributed by atoms with Crippen molar-refractivity contribution in [1.29, 1.82) is 0 Å². The molecule has 1 heterocycles. The average Bonchev–Trinajstić information content (AvgIpc) is 3.01. The van der Waals surface area contributed by atoms with E-state index in [1.807, 2.05) is 0 Å². The topological polar surface area (TPSA) is 128 Å². The second-order valence-corrected chi connectivity index (χ2v) is 10.1. The fourth-order valence-corrected chi connectivity index (χ4v) is 5.21. The average molecular weight is 483 g/mol. The molecule has 0 aliphatic rings. The van der Waals surface area contributed by atoms with Crippen LogP contribution in [0.25, 0.3) is 0 Å². The van der Waals surface area contributed by atoms with E-state index in [2.05, 4.69) is 10.6 Å². The number of thiophene rings is 1. The molecule has 0 fully saturated rings. The van der Waals surface area contributed by atoms with Crippen molar-refractivity contribution in [3.8, 4) is 5.75 Å². The molecule has 0 unspecified atom stereocenters. The number of rotatable bonds is 9. The number of sulfone groups is 1. The van der Waals surface area contributed by atoms with Crippen molar-refractivity contribution in [2.45, 2.75) is 38.5 Å². The summed E-state index contributed by atoms with van der Waals surface area (Å²) in [6, 6.07) is 6.04. The molecule has 0 saturated carbocycles. The summed E-state index contributed by atoms with van der Waals surface area (Å²) < 4.78 is 34.6. The fraction of sp³-hybridized carbons (Fsp3) is 0.381. The van der Waals surface area contributed by atoms with Crippen molar-refractivity contribution in [1.82, 2.24) is 5.32 Å². The summed E-state index contributed by atoms with van der Waals surface area (Å²) in [5.74, 6) is -0.762. The number of imide groups is 1. The van der Waals surface area contributed by atoms with Gasteiger partial charge in [-0.05, 0) is 57.0 Å². The molecule has 0 aliphatic carbocycles. The summed E-state index contributed by atoms with van der Waals surface area (Å²) in [6.07, 6.45) is -0.820. The van der Waals surface area contributed by atoms with Crippen LogP contribution in [0, 0.1) is 13.8 Å². The Morgan fingerprint density at radius 2 is 1.75 bits per heavy atom. The third-order valence-corrected chi connectivity index (χ3v) is 7.53. The van der Waals surface area contributed by atoms with E-state index < -0.39 is 27.7 Å². The Morgan fingerprint density at radius 1 is 1.09 bits per heavy atom. The van der Waals surface area contributed by atoms with Gasteiger partial charge in [-0.25, -0.2) is 13.2 Å². The van der Waals surface area contributed by atoms with Gasteiger partial charge in [-0.1, -0.05) is 0 Å². The molecule has 0 saturated heterocycles. The van der Waals surface area contributed by atoms with E-state index in [0.29, 0.717) is 16.3 Å². The van der Waals surface area contributed by atoms with Gasteiger partial charge in [0.05, 0.1) is 29.9 Å². The minimum atomic E-state index is -3.55. The Labute approximate surface area is 191 Å². The molecule has 9 nitrogen and oxygen atoms in total. The first kappa shape index (κ1) is 25.3. The summed E-state index contributed by atoms with van der Waals surface area (Å²) in [5, 5.41) is 5.07. The van der Waals surface area contributed by atoms with Crippen molar-refractivity contribution in [3.63, 3.8) is 0 Å². The lowest BCUT2D eigenvalue weighted by Gasteiger charge is -2.09. The second-order valence-electron chi connectivity index (χ2n) is 6.81. The molecule has 0 spiro atoms. The number of methoxy groups -OCH3 is 1. The van der Waals surface area contributed by atoms with E-state index in [-0.39, 0.29) is 35.7 Å². The molecule has 3 amide bonds. The van der Waals surface area contributed by atoms with E-state index in [0.717, 1.165) is 4.88 Å². The first-order chi connectivity index (χ1) is 15.1. The number of anilines is 1. The van der Waals surface area contributed by atoms with Crippen molar-refractivity contribution >= 4 is 44.1 Å². The number of carbonyl (C=O) groups is 3. The molecule has 0 atom stereocenters. The van der Waals surface area contributed by atoms with Crippen LogP contribution in [0.5, 0.6) is 5.75 Å². The number of carbonyl (C=O) groups excluding carboxylic acids is 3. The van der Waals surface area contributed by atoms with Crippen molar-refractivity contribution < 1.29 is 32.3 Å². The van der Waals surface area contributed by atoms with Gasteiger partial charge in [0.15, 0.2) is 9.84 Å².